The van der Waals surface area contributed by atoms with E-state index < -0.39 is 11.9 Å². The third kappa shape index (κ3) is 2.89. The monoisotopic (exact) mass is 327 g/mol. The number of nitrogens with zero attached hydrogens (tertiary/aromatic N) is 1. The summed E-state index contributed by atoms with van der Waals surface area (Å²) < 4.78 is 5.81. The largest absolute Gasteiger partial charge is 0.496 e. The Morgan fingerprint density at radius 2 is 2.21 bits per heavy atom. The number of carbonyl (C=O) groups excluding carboxylic acids is 1. The van der Waals surface area contributed by atoms with Gasteiger partial charge in [0.1, 0.15) is 5.75 Å². The van der Waals surface area contributed by atoms with Crippen LogP contribution in [0.2, 0.25) is 0 Å². The molecule has 0 aromatic heterocycles. The standard InChI is InChI=1S/C13H14BrNO4/c1-19-11-3-2-8(6-10(11)14)12(16)15-5-4-9(7-15)13(17)18/h2-3,6,9H,4-5,7H2,1H3,(H,17,18). The molecular formula is C13H14BrNO4. The number of rotatable bonds is 3. The van der Waals surface area contributed by atoms with E-state index in [4.69, 9.17) is 9.84 Å². The number of carboxylic acid groups (broad SMARTS) is 1. The van der Waals surface area contributed by atoms with Crippen LogP contribution in [0, 0.1) is 5.92 Å². The van der Waals surface area contributed by atoms with Crippen molar-refractivity contribution < 1.29 is 19.4 Å². The van der Waals surface area contributed by atoms with Gasteiger partial charge in [0, 0.05) is 18.7 Å². The van der Waals surface area contributed by atoms with Crippen molar-refractivity contribution in [3.8, 4) is 5.75 Å². The van der Waals surface area contributed by atoms with Crippen molar-refractivity contribution in [1.82, 2.24) is 4.90 Å². The fourth-order valence-corrected chi connectivity index (χ4v) is 2.67. The molecule has 1 aromatic carbocycles. The van der Waals surface area contributed by atoms with Crippen molar-refractivity contribution in [2.75, 3.05) is 20.2 Å². The summed E-state index contributed by atoms with van der Waals surface area (Å²) in [6.07, 6.45) is 0.512. The zero-order valence-electron chi connectivity index (χ0n) is 10.4. The summed E-state index contributed by atoms with van der Waals surface area (Å²) in [5.74, 6) is -0.787. The first-order valence-corrected chi connectivity index (χ1v) is 6.68. The van der Waals surface area contributed by atoms with Gasteiger partial charge in [0.25, 0.3) is 5.91 Å². The van der Waals surface area contributed by atoms with Gasteiger partial charge >= 0.3 is 5.97 Å². The molecule has 1 aromatic rings. The van der Waals surface area contributed by atoms with Crippen molar-refractivity contribution in [3.63, 3.8) is 0 Å². The summed E-state index contributed by atoms with van der Waals surface area (Å²) in [7, 11) is 1.56. The highest BCUT2D eigenvalue weighted by molar-refractivity contribution is 9.10. The molecule has 6 heteroatoms. The fourth-order valence-electron chi connectivity index (χ4n) is 2.13. The molecule has 1 aliphatic heterocycles. The number of hydrogen-bond donors (Lipinski definition) is 1. The number of benzene rings is 1. The van der Waals surface area contributed by atoms with E-state index in [1.165, 1.54) is 0 Å². The molecule has 0 spiro atoms. The van der Waals surface area contributed by atoms with Crippen molar-refractivity contribution in [2.45, 2.75) is 6.42 Å². The number of aliphatic carboxylic acids is 1. The van der Waals surface area contributed by atoms with Gasteiger partial charge in [-0.05, 0) is 40.5 Å². The predicted molar refractivity (Wildman–Crippen MR) is 72.3 cm³/mol. The lowest BCUT2D eigenvalue weighted by Crippen LogP contribution is -2.29. The second-order valence-corrected chi connectivity index (χ2v) is 5.28. The number of amides is 1. The van der Waals surface area contributed by atoms with Crippen molar-refractivity contribution in [3.05, 3.63) is 28.2 Å². The summed E-state index contributed by atoms with van der Waals surface area (Å²) in [6, 6.07) is 5.08. The molecule has 0 aliphatic carbocycles. The molecule has 1 fully saturated rings. The Morgan fingerprint density at radius 3 is 2.74 bits per heavy atom. The van der Waals surface area contributed by atoms with Crippen LogP contribution >= 0.6 is 15.9 Å². The summed E-state index contributed by atoms with van der Waals surface area (Å²) in [5.41, 5.74) is 0.527. The zero-order valence-corrected chi connectivity index (χ0v) is 12.0. The molecule has 1 amide bonds. The third-order valence-corrected chi connectivity index (χ3v) is 3.84. The van der Waals surface area contributed by atoms with Crippen molar-refractivity contribution >= 4 is 27.8 Å². The number of halogens is 1. The molecule has 2 rings (SSSR count). The summed E-state index contributed by atoms with van der Waals surface area (Å²) in [6.45, 7) is 0.761. The Balaban J connectivity index is 2.12. The topological polar surface area (TPSA) is 66.8 Å². The van der Waals surface area contributed by atoms with E-state index in [1.54, 1.807) is 30.2 Å². The van der Waals surface area contributed by atoms with E-state index in [2.05, 4.69) is 15.9 Å². The van der Waals surface area contributed by atoms with Crippen LogP contribution in [0.1, 0.15) is 16.8 Å². The Bertz CT molecular complexity index is 517. The number of methoxy groups -OCH3 is 1. The maximum Gasteiger partial charge on any atom is 0.308 e. The second kappa shape index (κ2) is 5.61. The summed E-state index contributed by atoms with van der Waals surface area (Å²) in [5, 5.41) is 8.93. The Kier molecular flexibility index (Phi) is 4.09. The van der Waals surface area contributed by atoms with Crippen LogP contribution in [-0.2, 0) is 4.79 Å². The van der Waals surface area contributed by atoms with Crippen molar-refractivity contribution in [2.24, 2.45) is 5.92 Å². The molecule has 1 aliphatic rings. The molecule has 102 valence electrons. The summed E-state index contributed by atoms with van der Waals surface area (Å²) in [4.78, 5) is 24.7. The lowest BCUT2D eigenvalue weighted by atomic mass is 10.1. The number of hydrogen-bond acceptors (Lipinski definition) is 3. The molecule has 1 saturated heterocycles. The van der Waals surface area contributed by atoms with Gasteiger partial charge in [-0.15, -0.1) is 0 Å². The molecule has 1 N–H and O–H groups in total. The van der Waals surface area contributed by atoms with E-state index >= 15 is 0 Å². The molecule has 1 unspecified atom stereocenters. The van der Waals surface area contributed by atoms with Gasteiger partial charge in [-0.3, -0.25) is 9.59 Å². The second-order valence-electron chi connectivity index (χ2n) is 4.42. The lowest BCUT2D eigenvalue weighted by Gasteiger charge is -2.16. The average molecular weight is 328 g/mol. The van der Waals surface area contributed by atoms with Crippen LogP contribution < -0.4 is 4.74 Å². The van der Waals surface area contributed by atoms with Crippen LogP contribution in [0.25, 0.3) is 0 Å². The molecule has 5 nitrogen and oxygen atoms in total. The molecule has 19 heavy (non-hydrogen) atoms. The van der Waals surface area contributed by atoms with E-state index in [-0.39, 0.29) is 12.5 Å². The Labute approximate surface area is 119 Å². The number of carbonyl (C=O) groups is 2. The van der Waals surface area contributed by atoms with Gasteiger partial charge in [0.05, 0.1) is 17.5 Å². The number of carboxylic acids is 1. The van der Waals surface area contributed by atoms with E-state index in [9.17, 15) is 9.59 Å². The van der Waals surface area contributed by atoms with Gasteiger partial charge in [0.2, 0.25) is 0 Å². The highest BCUT2D eigenvalue weighted by atomic mass is 79.9. The highest BCUT2D eigenvalue weighted by Gasteiger charge is 2.31. The van der Waals surface area contributed by atoms with Gasteiger partial charge in [-0.2, -0.15) is 0 Å². The SMILES string of the molecule is COc1ccc(C(=O)N2CCC(C(=O)O)C2)cc1Br. The first-order chi connectivity index (χ1) is 9.02. The zero-order chi connectivity index (χ0) is 14.0. The molecular weight excluding hydrogens is 314 g/mol. The van der Waals surface area contributed by atoms with E-state index in [0.717, 1.165) is 0 Å². The first kappa shape index (κ1) is 13.9. The lowest BCUT2D eigenvalue weighted by molar-refractivity contribution is -0.141. The number of likely N-dealkylation sites (tertiary alicyclic amines) is 1. The highest BCUT2D eigenvalue weighted by Crippen LogP contribution is 2.27. The molecule has 0 radical (unpaired) electrons. The Hall–Kier alpha value is -1.56. The predicted octanol–water partition coefficient (Wildman–Crippen LogP) is 2.00. The quantitative estimate of drug-likeness (QED) is 0.922. The van der Waals surface area contributed by atoms with E-state index in [1.807, 2.05) is 0 Å². The minimum absolute atomic E-state index is 0.146. The van der Waals surface area contributed by atoms with Gasteiger partial charge in [-0.25, -0.2) is 0 Å². The third-order valence-electron chi connectivity index (χ3n) is 3.22. The van der Waals surface area contributed by atoms with Gasteiger partial charge in [0.15, 0.2) is 0 Å². The normalized spacial score (nSPS) is 18.4. The van der Waals surface area contributed by atoms with E-state index in [0.29, 0.717) is 28.8 Å². The van der Waals surface area contributed by atoms with Crippen LogP contribution in [0.5, 0.6) is 5.75 Å². The van der Waals surface area contributed by atoms with Crippen LogP contribution in [0.3, 0.4) is 0 Å². The molecule has 1 heterocycles. The van der Waals surface area contributed by atoms with Crippen LogP contribution in [0.4, 0.5) is 0 Å². The minimum Gasteiger partial charge on any atom is -0.496 e. The van der Waals surface area contributed by atoms with Gasteiger partial charge in [-0.1, -0.05) is 0 Å². The van der Waals surface area contributed by atoms with Crippen LogP contribution in [0.15, 0.2) is 22.7 Å². The van der Waals surface area contributed by atoms with Crippen molar-refractivity contribution in [1.29, 1.82) is 0 Å². The molecule has 0 saturated carbocycles. The maximum absolute atomic E-state index is 12.2. The minimum atomic E-state index is -0.841. The summed E-state index contributed by atoms with van der Waals surface area (Å²) >= 11 is 3.33. The smallest absolute Gasteiger partial charge is 0.308 e. The van der Waals surface area contributed by atoms with Crippen LogP contribution in [-0.4, -0.2) is 42.1 Å². The first-order valence-electron chi connectivity index (χ1n) is 5.88. The number of ether oxygens (including phenoxy) is 1. The van der Waals surface area contributed by atoms with Gasteiger partial charge < -0.3 is 14.7 Å². The average Bonchev–Trinajstić information content (AvgIpc) is 2.87. The molecule has 1 atom stereocenters. The molecule has 0 bridgehead atoms. The maximum atomic E-state index is 12.2. The Morgan fingerprint density at radius 1 is 1.47 bits per heavy atom. The fraction of sp³-hybridized carbons (Fsp3) is 0.385.